The molecule has 0 saturated carbocycles. The molecular formula is C24H28N4O5S. The lowest BCUT2D eigenvalue weighted by Gasteiger charge is -2.26. The zero-order valence-corrected chi connectivity index (χ0v) is 20.1. The molecule has 180 valence electrons. The average molecular weight is 485 g/mol. The van der Waals surface area contributed by atoms with E-state index in [9.17, 15) is 18.0 Å². The molecule has 1 amide bonds. The predicted molar refractivity (Wildman–Crippen MR) is 130 cm³/mol. The number of carbonyl (C=O) groups excluding carboxylic acids is 1. The molecular weight excluding hydrogens is 456 g/mol. The van der Waals surface area contributed by atoms with Crippen LogP contribution in [0.1, 0.15) is 32.0 Å². The summed E-state index contributed by atoms with van der Waals surface area (Å²) < 4.78 is 34.6. The minimum atomic E-state index is -3.69. The second-order valence-electron chi connectivity index (χ2n) is 8.17. The van der Waals surface area contributed by atoms with Crippen LogP contribution in [0.3, 0.4) is 0 Å². The Morgan fingerprint density at radius 1 is 1.12 bits per heavy atom. The molecule has 3 aromatic rings. The molecule has 0 atom stereocenters. The minimum absolute atomic E-state index is 0.0915. The lowest BCUT2D eigenvalue weighted by Crippen LogP contribution is -2.35. The summed E-state index contributed by atoms with van der Waals surface area (Å²) in [7, 11) is -3.69. The van der Waals surface area contributed by atoms with Crippen LogP contribution in [0.15, 0.2) is 52.2 Å². The Kier molecular flexibility index (Phi) is 6.99. The molecule has 0 bridgehead atoms. The number of amides is 1. The monoisotopic (exact) mass is 484 g/mol. The van der Waals surface area contributed by atoms with Gasteiger partial charge in [-0.05, 0) is 57.0 Å². The number of carbonyl (C=O) groups is 1. The number of rotatable bonds is 7. The molecule has 0 spiro atoms. The van der Waals surface area contributed by atoms with Gasteiger partial charge < -0.3 is 10.1 Å². The molecule has 2 aromatic carbocycles. The lowest BCUT2D eigenvalue weighted by atomic mass is 10.2. The highest BCUT2D eigenvalue weighted by Crippen LogP contribution is 2.30. The Morgan fingerprint density at radius 2 is 1.85 bits per heavy atom. The maximum absolute atomic E-state index is 13.1. The van der Waals surface area contributed by atoms with E-state index >= 15 is 0 Å². The second kappa shape index (κ2) is 9.94. The number of benzene rings is 2. The lowest BCUT2D eigenvalue weighted by molar-refractivity contribution is -0.116. The molecule has 1 N–H and O–H groups in total. The molecule has 10 heteroatoms. The zero-order chi connectivity index (χ0) is 24.3. The zero-order valence-electron chi connectivity index (χ0n) is 19.3. The van der Waals surface area contributed by atoms with Crippen molar-refractivity contribution in [3.05, 3.63) is 58.6 Å². The summed E-state index contributed by atoms with van der Waals surface area (Å²) in [6, 6.07) is 11.4. The third kappa shape index (κ3) is 4.83. The molecule has 2 heterocycles. The van der Waals surface area contributed by atoms with Gasteiger partial charge in [0.15, 0.2) is 0 Å². The van der Waals surface area contributed by atoms with Crippen LogP contribution < -0.4 is 15.6 Å². The Morgan fingerprint density at radius 3 is 2.59 bits per heavy atom. The standard InChI is InChI=1S/C24H28N4O5S/c1-3-33-22-12-11-18(34(31,32)27-13-7-4-8-14-27)15-21(22)26-23(29)16-28-17(2)25-20-10-6-5-9-19(20)24(28)30/h5-6,9-12,15H,3-4,7-8,13-14,16H2,1-2H3,(H,26,29). The van der Waals surface area contributed by atoms with E-state index in [4.69, 9.17) is 4.74 Å². The van der Waals surface area contributed by atoms with Crippen molar-refractivity contribution in [2.75, 3.05) is 25.0 Å². The number of aromatic nitrogens is 2. The van der Waals surface area contributed by atoms with Gasteiger partial charge in [0.25, 0.3) is 5.56 Å². The second-order valence-corrected chi connectivity index (χ2v) is 10.1. The van der Waals surface area contributed by atoms with Gasteiger partial charge in [-0.15, -0.1) is 0 Å². The summed E-state index contributed by atoms with van der Waals surface area (Å²) in [5, 5.41) is 3.15. The van der Waals surface area contributed by atoms with Crippen LogP contribution in [0.5, 0.6) is 5.75 Å². The molecule has 0 aliphatic carbocycles. The number of sulfonamides is 1. The number of piperidine rings is 1. The molecule has 9 nitrogen and oxygen atoms in total. The summed E-state index contributed by atoms with van der Waals surface area (Å²) in [5.74, 6) is 0.273. The number of aryl methyl sites for hydroxylation is 1. The first-order chi connectivity index (χ1) is 16.3. The number of para-hydroxylation sites is 1. The fraction of sp³-hybridized carbons (Fsp3) is 0.375. The first-order valence-electron chi connectivity index (χ1n) is 11.3. The maximum Gasteiger partial charge on any atom is 0.261 e. The molecule has 0 unspecified atom stereocenters. The molecule has 1 fully saturated rings. The van der Waals surface area contributed by atoms with Gasteiger partial charge in [0, 0.05) is 13.1 Å². The molecule has 4 rings (SSSR count). The average Bonchev–Trinajstić information content (AvgIpc) is 2.83. The van der Waals surface area contributed by atoms with Crippen molar-refractivity contribution >= 4 is 32.5 Å². The van der Waals surface area contributed by atoms with Gasteiger partial charge >= 0.3 is 0 Å². The third-order valence-corrected chi connectivity index (χ3v) is 7.73. The van der Waals surface area contributed by atoms with Crippen LogP contribution in [0.4, 0.5) is 5.69 Å². The van der Waals surface area contributed by atoms with Gasteiger partial charge in [-0.3, -0.25) is 14.2 Å². The fourth-order valence-electron chi connectivity index (χ4n) is 4.10. The third-order valence-electron chi connectivity index (χ3n) is 5.83. The Balaban J connectivity index is 1.62. The smallest absolute Gasteiger partial charge is 0.261 e. The number of nitrogens with one attached hydrogen (secondary N) is 1. The largest absolute Gasteiger partial charge is 0.492 e. The number of hydrogen-bond donors (Lipinski definition) is 1. The van der Waals surface area contributed by atoms with Crippen molar-refractivity contribution in [1.29, 1.82) is 0 Å². The quantitative estimate of drug-likeness (QED) is 0.552. The van der Waals surface area contributed by atoms with E-state index < -0.39 is 15.9 Å². The van der Waals surface area contributed by atoms with E-state index in [1.54, 1.807) is 44.2 Å². The summed E-state index contributed by atoms with van der Waals surface area (Å²) in [4.78, 5) is 30.3. The first-order valence-corrected chi connectivity index (χ1v) is 12.8. The van der Waals surface area contributed by atoms with E-state index in [-0.39, 0.29) is 22.7 Å². The summed E-state index contributed by atoms with van der Waals surface area (Å²) >= 11 is 0. The van der Waals surface area contributed by atoms with Crippen LogP contribution in [-0.2, 0) is 21.4 Å². The maximum atomic E-state index is 13.1. The van der Waals surface area contributed by atoms with Crippen molar-refractivity contribution in [3.8, 4) is 5.75 Å². The van der Waals surface area contributed by atoms with E-state index in [0.29, 0.717) is 42.2 Å². The van der Waals surface area contributed by atoms with E-state index in [2.05, 4.69) is 10.3 Å². The molecule has 1 saturated heterocycles. The van der Waals surface area contributed by atoms with Gasteiger partial charge in [-0.2, -0.15) is 4.31 Å². The van der Waals surface area contributed by atoms with Gasteiger partial charge in [0.1, 0.15) is 18.1 Å². The van der Waals surface area contributed by atoms with Crippen LogP contribution >= 0.6 is 0 Å². The number of nitrogens with zero attached hydrogens (tertiary/aromatic N) is 3. The van der Waals surface area contributed by atoms with Crippen molar-refractivity contribution in [2.45, 2.75) is 44.6 Å². The van der Waals surface area contributed by atoms with Crippen LogP contribution in [0.25, 0.3) is 10.9 Å². The predicted octanol–water partition coefficient (Wildman–Crippen LogP) is 2.92. The Labute approximate surface area is 198 Å². The molecule has 1 aromatic heterocycles. The minimum Gasteiger partial charge on any atom is -0.492 e. The molecule has 1 aliphatic rings. The topological polar surface area (TPSA) is 111 Å². The van der Waals surface area contributed by atoms with Gasteiger partial charge in [0.2, 0.25) is 15.9 Å². The highest BCUT2D eigenvalue weighted by Gasteiger charge is 2.27. The normalized spacial score (nSPS) is 14.8. The SMILES string of the molecule is CCOc1ccc(S(=O)(=O)N2CCCCC2)cc1NC(=O)Cn1c(C)nc2ccccc2c1=O. The van der Waals surface area contributed by atoms with E-state index in [0.717, 1.165) is 19.3 Å². The summed E-state index contributed by atoms with van der Waals surface area (Å²) in [6.45, 7) is 4.50. The highest BCUT2D eigenvalue weighted by atomic mass is 32.2. The van der Waals surface area contributed by atoms with E-state index in [1.165, 1.54) is 21.0 Å². The molecule has 1 aliphatic heterocycles. The molecule has 34 heavy (non-hydrogen) atoms. The Bertz CT molecular complexity index is 1380. The summed E-state index contributed by atoms with van der Waals surface area (Å²) in [6.07, 6.45) is 2.67. The first kappa shape index (κ1) is 23.9. The van der Waals surface area contributed by atoms with Gasteiger partial charge in [-0.25, -0.2) is 13.4 Å². The Hall–Kier alpha value is -3.24. The number of anilines is 1. The van der Waals surface area contributed by atoms with Crippen LogP contribution in [-0.4, -0.2) is 47.9 Å². The van der Waals surface area contributed by atoms with Crippen molar-refractivity contribution < 1.29 is 17.9 Å². The van der Waals surface area contributed by atoms with Crippen molar-refractivity contribution in [1.82, 2.24) is 13.9 Å². The van der Waals surface area contributed by atoms with Crippen LogP contribution in [0, 0.1) is 6.92 Å². The number of ether oxygens (including phenoxy) is 1. The highest BCUT2D eigenvalue weighted by molar-refractivity contribution is 7.89. The van der Waals surface area contributed by atoms with Crippen LogP contribution in [0.2, 0.25) is 0 Å². The van der Waals surface area contributed by atoms with Crippen molar-refractivity contribution in [2.24, 2.45) is 0 Å². The fourth-order valence-corrected chi connectivity index (χ4v) is 5.65. The summed E-state index contributed by atoms with van der Waals surface area (Å²) in [5.41, 5.74) is 0.491. The van der Waals surface area contributed by atoms with Crippen molar-refractivity contribution in [3.63, 3.8) is 0 Å². The van der Waals surface area contributed by atoms with Gasteiger partial charge in [-0.1, -0.05) is 18.6 Å². The van der Waals surface area contributed by atoms with Gasteiger partial charge in [0.05, 0.1) is 28.1 Å². The number of fused-ring (bicyclic) bond motifs is 1. The number of hydrogen-bond acceptors (Lipinski definition) is 6. The van der Waals surface area contributed by atoms with E-state index in [1.807, 2.05) is 0 Å². The molecule has 0 radical (unpaired) electrons.